The largest absolute Gasteiger partial charge is 0.468 e. The fraction of sp³-hybridized carbons (Fsp3) is 0.353. The van der Waals surface area contributed by atoms with E-state index >= 15 is 0 Å². The predicted molar refractivity (Wildman–Crippen MR) is 95.3 cm³/mol. The van der Waals surface area contributed by atoms with Crippen LogP contribution in [0.15, 0.2) is 41.0 Å². The molecule has 0 aliphatic heterocycles. The van der Waals surface area contributed by atoms with Crippen LogP contribution < -0.4 is 10.6 Å². The number of nitrogens with one attached hydrogen (secondary N) is 2. The van der Waals surface area contributed by atoms with Crippen LogP contribution >= 0.6 is 12.2 Å². The predicted octanol–water partition coefficient (Wildman–Crippen LogP) is 3.49. The molecular weight excluding hydrogens is 294 g/mol. The third kappa shape index (κ3) is 4.08. The molecule has 0 spiro atoms. The summed E-state index contributed by atoms with van der Waals surface area (Å²) < 4.78 is 5.50. The number of aryl methyl sites for hydroxylation is 1. The number of benzene rings is 1. The van der Waals surface area contributed by atoms with Gasteiger partial charge in [-0.15, -0.1) is 0 Å². The van der Waals surface area contributed by atoms with Crippen molar-refractivity contribution in [2.45, 2.75) is 19.9 Å². The molecule has 0 saturated heterocycles. The van der Waals surface area contributed by atoms with Gasteiger partial charge in [0.1, 0.15) is 5.76 Å². The van der Waals surface area contributed by atoms with Gasteiger partial charge in [0.25, 0.3) is 0 Å². The third-order valence-corrected chi connectivity index (χ3v) is 4.05. The minimum absolute atomic E-state index is 0.133. The molecule has 2 aromatic rings. The number of hydrogen-bond acceptors (Lipinski definition) is 3. The molecule has 1 aromatic heterocycles. The summed E-state index contributed by atoms with van der Waals surface area (Å²) in [6.07, 6.45) is 1.69. The van der Waals surface area contributed by atoms with E-state index in [0.717, 1.165) is 11.4 Å². The lowest BCUT2D eigenvalue weighted by Crippen LogP contribution is -2.36. The average Bonchev–Trinajstić information content (AvgIpc) is 2.98. The van der Waals surface area contributed by atoms with Crippen LogP contribution in [0, 0.1) is 13.8 Å². The molecule has 0 aliphatic carbocycles. The Kier molecular flexibility index (Phi) is 5.57. The zero-order valence-electron chi connectivity index (χ0n) is 13.5. The van der Waals surface area contributed by atoms with Crippen molar-refractivity contribution in [3.63, 3.8) is 0 Å². The Bertz CT molecular complexity index is 623. The van der Waals surface area contributed by atoms with Gasteiger partial charge in [-0.25, -0.2) is 0 Å². The molecule has 0 amide bonds. The first-order valence-corrected chi connectivity index (χ1v) is 7.70. The maximum absolute atomic E-state index is 5.50. The van der Waals surface area contributed by atoms with Crippen LogP contribution in [0.3, 0.4) is 0 Å². The zero-order chi connectivity index (χ0) is 16.1. The highest BCUT2D eigenvalue weighted by Crippen LogP contribution is 2.19. The summed E-state index contributed by atoms with van der Waals surface area (Å²) in [4.78, 5) is 2.10. The second-order valence-corrected chi connectivity index (χ2v) is 5.99. The van der Waals surface area contributed by atoms with Crippen molar-refractivity contribution in [3.05, 3.63) is 53.5 Å². The molecular formula is C17H23N3OS. The number of thiocarbonyl (C=S) groups is 1. The molecule has 0 aliphatic rings. The minimum Gasteiger partial charge on any atom is -0.468 e. The first kappa shape index (κ1) is 16.5. The van der Waals surface area contributed by atoms with Gasteiger partial charge in [0.05, 0.1) is 12.3 Å². The maximum Gasteiger partial charge on any atom is 0.170 e. The molecule has 1 atom stereocenters. The maximum atomic E-state index is 5.50. The molecule has 22 heavy (non-hydrogen) atoms. The zero-order valence-corrected chi connectivity index (χ0v) is 14.3. The normalized spacial score (nSPS) is 12.2. The van der Waals surface area contributed by atoms with Gasteiger partial charge >= 0.3 is 0 Å². The van der Waals surface area contributed by atoms with Crippen LogP contribution in [0.4, 0.5) is 5.69 Å². The molecule has 0 fully saturated rings. The van der Waals surface area contributed by atoms with E-state index in [9.17, 15) is 0 Å². The second-order valence-electron chi connectivity index (χ2n) is 5.58. The van der Waals surface area contributed by atoms with E-state index < -0.39 is 0 Å². The van der Waals surface area contributed by atoms with Gasteiger partial charge in [0.2, 0.25) is 0 Å². The second kappa shape index (κ2) is 7.42. The van der Waals surface area contributed by atoms with E-state index in [1.807, 2.05) is 38.4 Å². The molecule has 118 valence electrons. The Balaban J connectivity index is 1.96. The van der Waals surface area contributed by atoms with E-state index in [-0.39, 0.29) is 6.04 Å². The molecule has 4 nitrogen and oxygen atoms in total. The van der Waals surface area contributed by atoms with Gasteiger partial charge in [0, 0.05) is 12.2 Å². The van der Waals surface area contributed by atoms with Crippen LogP contribution in [-0.4, -0.2) is 30.7 Å². The van der Waals surface area contributed by atoms with Crippen molar-refractivity contribution in [2.24, 2.45) is 0 Å². The first-order chi connectivity index (χ1) is 10.5. The standard InChI is InChI=1S/C17H23N3OS/c1-12-7-5-8-14(13(12)2)19-17(22)18-11-15(20(3)4)16-9-6-10-21-16/h5-10,15H,11H2,1-4H3,(H2,18,19,22)/t15-/m1/s1. The van der Waals surface area contributed by atoms with E-state index in [1.54, 1.807) is 6.26 Å². The Morgan fingerprint density at radius 3 is 2.64 bits per heavy atom. The van der Waals surface area contributed by atoms with Crippen LogP contribution in [0.25, 0.3) is 0 Å². The molecule has 1 heterocycles. The average molecular weight is 317 g/mol. The molecule has 0 unspecified atom stereocenters. The first-order valence-electron chi connectivity index (χ1n) is 7.30. The smallest absolute Gasteiger partial charge is 0.170 e. The SMILES string of the molecule is Cc1cccc(NC(=S)NC[C@H](c2ccco2)N(C)C)c1C. The molecule has 5 heteroatoms. The highest BCUT2D eigenvalue weighted by Gasteiger charge is 2.17. The summed E-state index contributed by atoms with van der Waals surface area (Å²) in [5.74, 6) is 0.923. The summed E-state index contributed by atoms with van der Waals surface area (Å²) in [6.45, 7) is 4.86. The van der Waals surface area contributed by atoms with Gasteiger partial charge < -0.3 is 15.1 Å². The lowest BCUT2D eigenvalue weighted by atomic mass is 10.1. The van der Waals surface area contributed by atoms with E-state index in [1.165, 1.54) is 11.1 Å². The van der Waals surface area contributed by atoms with Crippen molar-refractivity contribution in [3.8, 4) is 0 Å². The lowest BCUT2D eigenvalue weighted by molar-refractivity contribution is 0.259. The third-order valence-electron chi connectivity index (χ3n) is 3.80. The van der Waals surface area contributed by atoms with Crippen molar-refractivity contribution >= 4 is 23.0 Å². The number of anilines is 1. The highest BCUT2D eigenvalue weighted by molar-refractivity contribution is 7.80. The van der Waals surface area contributed by atoms with Crippen LogP contribution in [0.5, 0.6) is 0 Å². The summed E-state index contributed by atoms with van der Waals surface area (Å²) in [6, 6.07) is 10.2. The number of rotatable bonds is 5. The van der Waals surface area contributed by atoms with Gasteiger partial charge in [0.15, 0.2) is 5.11 Å². The topological polar surface area (TPSA) is 40.4 Å². The fourth-order valence-electron chi connectivity index (χ4n) is 2.26. The van der Waals surface area contributed by atoms with E-state index in [2.05, 4.69) is 35.4 Å². The number of furan rings is 1. The number of likely N-dealkylation sites (N-methyl/N-ethyl adjacent to an activating group) is 1. The molecule has 2 N–H and O–H groups in total. The van der Waals surface area contributed by atoms with E-state index in [0.29, 0.717) is 11.7 Å². The van der Waals surface area contributed by atoms with Gasteiger partial charge in [-0.3, -0.25) is 4.90 Å². The molecule has 0 bridgehead atoms. The van der Waals surface area contributed by atoms with Crippen LogP contribution in [-0.2, 0) is 0 Å². The van der Waals surface area contributed by atoms with Gasteiger partial charge in [-0.1, -0.05) is 12.1 Å². The molecule has 1 aromatic carbocycles. The Hall–Kier alpha value is -1.85. The van der Waals surface area contributed by atoms with Crippen LogP contribution in [0.2, 0.25) is 0 Å². The Morgan fingerprint density at radius 1 is 1.23 bits per heavy atom. The van der Waals surface area contributed by atoms with Crippen LogP contribution in [0.1, 0.15) is 22.9 Å². The summed E-state index contributed by atoms with van der Waals surface area (Å²) in [5, 5.41) is 7.15. The summed E-state index contributed by atoms with van der Waals surface area (Å²) in [7, 11) is 4.05. The van der Waals surface area contributed by atoms with E-state index in [4.69, 9.17) is 16.6 Å². The van der Waals surface area contributed by atoms with Crippen molar-refractivity contribution in [1.82, 2.24) is 10.2 Å². The highest BCUT2D eigenvalue weighted by atomic mass is 32.1. The van der Waals surface area contributed by atoms with Gasteiger partial charge in [-0.05, 0) is 69.5 Å². The monoisotopic (exact) mass is 317 g/mol. The molecule has 0 radical (unpaired) electrons. The minimum atomic E-state index is 0.133. The van der Waals surface area contributed by atoms with Crippen molar-refractivity contribution < 1.29 is 4.42 Å². The lowest BCUT2D eigenvalue weighted by Gasteiger charge is -2.23. The molecule has 2 rings (SSSR count). The summed E-state index contributed by atoms with van der Waals surface area (Å²) >= 11 is 5.40. The van der Waals surface area contributed by atoms with Crippen molar-refractivity contribution in [2.75, 3.05) is 26.0 Å². The quantitative estimate of drug-likeness (QED) is 0.826. The number of hydrogen-bond donors (Lipinski definition) is 2. The van der Waals surface area contributed by atoms with Crippen molar-refractivity contribution in [1.29, 1.82) is 0 Å². The Labute approximate surface area is 137 Å². The Morgan fingerprint density at radius 2 is 2.00 bits per heavy atom. The molecule has 0 saturated carbocycles. The number of nitrogens with zero attached hydrogens (tertiary/aromatic N) is 1. The summed E-state index contributed by atoms with van der Waals surface area (Å²) in [5.41, 5.74) is 3.49. The van der Waals surface area contributed by atoms with Gasteiger partial charge in [-0.2, -0.15) is 0 Å². The fourth-order valence-corrected chi connectivity index (χ4v) is 2.45.